The second kappa shape index (κ2) is 7.74. The fraction of sp³-hybridized carbons (Fsp3) is 0.200. The Hall–Kier alpha value is -3.28. The Bertz CT molecular complexity index is 961. The normalized spacial score (nSPS) is 11.8. The molecule has 1 aromatic heterocycles. The van der Waals surface area contributed by atoms with Crippen LogP contribution in [0, 0.1) is 0 Å². The van der Waals surface area contributed by atoms with Crippen LogP contribution in [0.3, 0.4) is 0 Å². The van der Waals surface area contributed by atoms with Crippen molar-refractivity contribution in [1.82, 2.24) is 0 Å². The zero-order chi connectivity index (χ0) is 18.5. The minimum absolute atomic E-state index is 0.0947. The number of carbonyl (C=O) groups excluding carboxylic acids is 1. The van der Waals surface area contributed by atoms with Gasteiger partial charge in [-0.25, -0.2) is 4.79 Å². The van der Waals surface area contributed by atoms with E-state index in [2.05, 4.69) is 0 Å². The first-order chi connectivity index (χ1) is 12.6. The van der Waals surface area contributed by atoms with Crippen LogP contribution in [0.15, 0.2) is 64.0 Å². The Morgan fingerprint density at radius 2 is 1.88 bits per heavy atom. The highest BCUT2D eigenvalue weighted by Crippen LogP contribution is 2.24. The lowest BCUT2D eigenvalue weighted by molar-refractivity contribution is -0.150. The van der Waals surface area contributed by atoms with Crippen molar-refractivity contribution in [2.45, 2.75) is 20.0 Å². The van der Waals surface area contributed by atoms with Crippen LogP contribution in [0.4, 0.5) is 0 Å². The molecule has 0 spiro atoms. The van der Waals surface area contributed by atoms with E-state index in [-0.39, 0.29) is 17.8 Å². The molecule has 3 rings (SSSR count). The second-order valence-corrected chi connectivity index (χ2v) is 5.51. The van der Waals surface area contributed by atoms with Gasteiger partial charge in [0.25, 0.3) is 0 Å². The van der Waals surface area contributed by atoms with Crippen LogP contribution >= 0.6 is 0 Å². The molecule has 3 aromatic rings. The van der Waals surface area contributed by atoms with E-state index < -0.39 is 12.1 Å². The SMILES string of the molecule is CCOC(=O)[C@@H](C)Oc1ccc2c(=O)c(Oc3ccccc3)coc2c1. The fourth-order valence-electron chi connectivity index (χ4n) is 2.36. The van der Waals surface area contributed by atoms with Crippen molar-refractivity contribution in [3.05, 3.63) is 65.0 Å². The predicted molar refractivity (Wildman–Crippen MR) is 95.7 cm³/mol. The topological polar surface area (TPSA) is 75.0 Å². The maximum atomic E-state index is 12.6. The van der Waals surface area contributed by atoms with Gasteiger partial charge in [0, 0.05) is 6.07 Å². The summed E-state index contributed by atoms with van der Waals surface area (Å²) in [5, 5.41) is 0.356. The van der Waals surface area contributed by atoms with Gasteiger partial charge in [-0.2, -0.15) is 0 Å². The molecule has 2 aromatic carbocycles. The van der Waals surface area contributed by atoms with Gasteiger partial charge in [-0.15, -0.1) is 0 Å². The first kappa shape index (κ1) is 17.5. The van der Waals surface area contributed by atoms with Gasteiger partial charge < -0.3 is 18.6 Å². The zero-order valence-electron chi connectivity index (χ0n) is 14.4. The Labute approximate surface area is 149 Å². The molecule has 0 radical (unpaired) electrons. The smallest absolute Gasteiger partial charge is 0.347 e. The van der Waals surface area contributed by atoms with Crippen molar-refractivity contribution in [2.75, 3.05) is 6.61 Å². The maximum Gasteiger partial charge on any atom is 0.347 e. The van der Waals surface area contributed by atoms with E-state index in [0.29, 0.717) is 22.5 Å². The van der Waals surface area contributed by atoms with E-state index in [0.717, 1.165) is 0 Å². The standard InChI is InChI=1S/C20H18O6/c1-3-23-20(22)13(2)25-15-9-10-16-17(11-15)24-12-18(19(16)21)26-14-7-5-4-6-8-14/h4-13H,3H2,1-2H3/t13-/m1/s1. The molecule has 26 heavy (non-hydrogen) atoms. The highest BCUT2D eigenvalue weighted by atomic mass is 16.6. The summed E-state index contributed by atoms with van der Waals surface area (Å²) >= 11 is 0. The van der Waals surface area contributed by atoms with Crippen LogP contribution < -0.4 is 14.9 Å². The van der Waals surface area contributed by atoms with Crippen LogP contribution in [0.1, 0.15) is 13.8 Å². The third kappa shape index (κ3) is 3.85. The molecule has 0 amide bonds. The number of esters is 1. The molecule has 0 fully saturated rings. The van der Waals surface area contributed by atoms with E-state index >= 15 is 0 Å². The van der Waals surface area contributed by atoms with Crippen molar-refractivity contribution in [3.8, 4) is 17.2 Å². The molecule has 0 saturated heterocycles. The first-order valence-electron chi connectivity index (χ1n) is 8.20. The summed E-state index contributed by atoms with van der Waals surface area (Å²) < 4.78 is 21.5. The summed E-state index contributed by atoms with van der Waals surface area (Å²) in [6, 6.07) is 13.7. The monoisotopic (exact) mass is 354 g/mol. The highest BCUT2D eigenvalue weighted by molar-refractivity contribution is 5.79. The Morgan fingerprint density at radius 1 is 1.12 bits per heavy atom. The molecule has 6 nitrogen and oxygen atoms in total. The quantitative estimate of drug-likeness (QED) is 0.625. The van der Waals surface area contributed by atoms with Gasteiger partial charge in [-0.05, 0) is 38.1 Å². The molecular weight excluding hydrogens is 336 g/mol. The number of fused-ring (bicyclic) bond motifs is 1. The number of rotatable bonds is 6. The summed E-state index contributed by atoms with van der Waals surface area (Å²) in [6.07, 6.45) is 0.496. The Balaban J connectivity index is 1.84. The molecule has 0 bridgehead atoms. The minimum atomic E-state index is -0.764. The number of ether oxygens (including phenoxy) is 3. The van der Waals surface area contributed by atoms with Gasteiger partial charge in [0.15, 0.2) is 6.10 Å². The molecule has 0 unspecified atom stereocenters. The molecule has 1 atom stereocenters. The molecule has 134 valence electrons. The van der Waals surface area contributed by atoms with Crippen molar-refractivity contribution in [3.63, 3.8) is 0 Å². The summed E-state index contributed by atoms with van der Waals surface area (Å²) in [4.78, 5) is 24.2. The largest absolute Gasteiger partial charge is 0.479 e. The summed E-state index contributed by atoms with van der Waals surface area (Å²) in [5.74, 6) is 0.582. The predicted octanol–water partition coefficient (Wildman–Crippen LogP) is 3.92. The van der Waals surface area contributed by atoms with Crippen LogP contribution in [0.5, 0.6) is 17.2 Å². The van der Waals surface area contributed by atoms with E-state index in [4.69, 9.17) is 18.6 Å². The van der Waals surface area contributed by atoms with Crippen LogP contribution in [0.25, 0.3) is 11.0 Å². The van der Waals surface area contributed by atoms with Gasteiger partial charge in [-0.3, -0.25) is 4.79 Å². The average molecular weight is 354 g/mol. The van der Waals surface area contributed by atoms with Crippen LogP contribution in [-0.2, 0) is 9.53 Å². The summed E-state index contributed by atoms with van der Waals surface area (Å²) in [7, 11) is 0. The Kier molecular flexibility index (Phi) is 5.22. The molecule has 0 aliphatic rings. The van der Waals surface area contributed by atoms with Crippen LogP contribution in [0.2, 0.25) is 0 Å². The molecule has 6 heteroatoms. The molecule has 0 saturated carbocycles. The number of para-hydroxylation sites is 1. The summed E-state index contributed by atoms with van der Waals surface area (Å²) in [5.41, 5.74) is 0.0454. The second-order valence-electron chi connectivity index (χ2n) is 5.51. The van der Waals surface area contributed by atoms with Crippen molar-refractivity contribution < 1.29 is 23.4 Å². The van der Waals surface area contributed by atoms with Gasteiger partial charge in [-0.1, -0.05) is 18.2 Å². The fourth-order valence-corrected chi connectivity index (χ4v) is 2.36. The van der Waals surface area contributed by atoms with Gasteiger partial charge in [0.05, 0.1) is 12.0 Å². The van der Waals surface area contributed by atoms with E-state index in [1.54, 1.807) is 44.2 Å². The number of carbonyl (C=O) groups is 1. The van der Waals surface area contributed by atoms with Crippen molar-refractivity contribution in [2.24, 2.45) is 0 Å². The molecule has 0 aliphatic carbocycles. The zero-order valence-corrected chi connectivity index (χ0v) is 14.4. The lowest BCUT2D eigenvalue weighted by atomic mass is 10.2. The first-order valence-corrected chi connectivity index (χ1v) is 8.20. The minimum Gasteiger partial charge on any atom is -0.479 e. The molecular formula is C20H18O6. The number of benzene rings is 2. The maximum absolute atomic E-state index is 12.6. The molecule has 0 N–H and O–H groups in total. The average Bonchev–Trinajstić information content (AvgIpc) is 2.65. The highest BCUT2D eigenvalue weighted by Gasteiger charge is 2.17. The lowest BCUT2D eigenvalue weighted by Crippen LogP contribution is -2.26. The van der Waals surface area contributed by atoms with Gasteiger partial charge in [0.1, 0.15) is 23.3 Å². The van der Waals surface area contributed by atoms with E-state index in [1.807, 2.05) is 18.2 Å². The van der Waals surface area contributed by atoms with E-state index in [1.165, 1.54) is 6.26 Å². The van der Waals surface area contributed by atoms with Gasteiger partial charge >= 0.3 is 5.97 Å². The van der Waals surface area contributed by atoms with Crippen LogP contribution in [-0.4, -0.2) is 18.7 Å². The van der Waals surface area contributed by atoms with Crippen molar-refractivity contribution in [1.29, 1.82) is 0 Å². The van der Waals surface area contributed by atoms with Crippen molar-refractivity contribution >= 4 is 16.9 Å². The summed E-state index contributed by atoms with van der Waals surface area (Å²) in [6.45, 7) is 3.60. The number of hydrogen-bond donors (Lipinski definition) is 0. The lowest BCUT2D eigenvalue weighted by Gasteiger charge is -2.13. The van der Waals surface area contributed by atoms with E-state index in [9.17, 15) is 9.59 Å². The molecule has 1 heterocycles. The number of hydrogen-bond acceptors (Lipinski definition) is 6. The van der Waals surface area contributed by atoms with Gasteiger partial charge in [0.2, 0.25) is 11.2 Å². The molecule has 0 aliphatic heterocycles. The Morgan fingerprint density at radius 3 is 2.62 bits per heavy atom. The third-order valence-corrected chi connectivity index (χ3v) is 3.62. The third-order valence-electron chi connectivity index (χ3n) is 3.62.